The van der Waals surface area contributed by atoms with E-state index in [9.17, 15) is 13.9 Å². The van der Waals surface area contributed by atoms with E-state index in [1.54, 1.807) is 17.2 Å². The molecule has 0 amide bonds. The number of halogens is 3. The average molecular weight is 361 g/mol. The smallest absolute Gasteiger partial charge is 0.487 e. The summed E-state index contributed by atoms with van der Waals surface area (Å²) in [6.45, 7) is 0.859. The average Bonchev–Trinajstić information content (AvgIpc) is 3.10. The Morgan fingerprint density at radius 2 is 2.22 bits per heavy atom. The van der Waals surface area contributed by atoms with Crippen LogP contribution in [0.2, 0.25) is 0 Å². The highest BCUT2D eigenvalue weighted by Gasteiger charge is 2.31. The van der Waals surface area contributed by atoms with Gasteiger partial charge in [-0.05, 0) is 30.1 Å². The molecule has 1 fully saturated rings. The van der Waals surface area contributed by atoms with Crippen molar-refractivity contribution >= 4 is 34.5 Å². The van der Waals surface area contributed by atoms with Gasteiger partial charge in [0, 0.05) is 36.6 Å². The molecule has 2 aromatic rings. The summed E-state index contributed by atoms with van der Waals surface area (Å²) in [5.74, 6) is -0.123. The van der Waals surface area contributed by atoms with E-state index >= 15 is 0 Å². The Hall–Kier alpha value is -1.64. The minimum atomic E-state index is -3.86. The number of aromatic nitrogens is 1. The Morgan fingerprint density at radius 1 is 1.43 bits per heavy atom. The highest BCUT2D eigenvalue weighted by molar-refractivity contribution is 7.09. The number of hydrogen-bond acceptors (Lipinski definition) is 5. The molecule has 0 aliphatic carbocycles. The van der Waals surface area contributed by atoms with Crippen LogP contribution >= 0.6 is 23.1 Å². The summed E-state index contributed by atoms with van der Waals surface area (Å²) in [6.07, 6.45) is 1.59. The van der Waals surface area contributed by atoms with Crippen LogP contribution in [0, 0.1) is 0 Å². The number of anilines is 1. The molecular formula is C14H13ClF2N3O2S-. The van der Waals surface area contributed by atoms with Crippen molar-refractivity contribution in [1.82, 2.24) is 4.37 Å². The number of rotatable bonds is 4. The molecule has 0 bridgehead atoms. The maximum absolute atomic E-state index is 13.1. The quantitative estimate of drug-likeness (QED) is 0.828. The van der Waals surface area contributed by atoms with Gasteiger partial charge in [-0.25, -0.2) is 4.37 Å². The second-order valence-corrected chi connectivity index (χ2v) is 6.42. The van der Waals surface area contributed by atoms with Gasteiger partial charge in [0.2, 0.25) is 0 Å². The van der Waals surface area contributed by atoms with E-state index in [0.717, 1.165) is 11.5 Å². The molecular weight excluding hydrogens is 348 g/mol. The van der Waals surface area contributed by atoms with Crippen LogP contribution in [0.1, 0.15) is 6.42 Å². The van der Waals surface area contributed by atoms with Gasteiger partial charge in [-0.3, -0.25) is 0 Å². The van der Waals surface area contributed by atoms with Crippen LogP contribution in [0.25, 0.3) is 16.2 Å². The number of aliphatic hydroxyl groups excluding tert-OH is 1. The Morgan fingerprint density at radius 3 is 2.78 bits per heavy atom. The Balaban J connectivity index is 2.15. The van der Waals surface area contributed by atoms with E-state index in [0.29, 0.717) is 35.6 Å². The lowest BCUT2D eigenvalue weighted by molar-refractivity contribution is -0.0960. The minimum absolute atomic E-state index is 0.123. The Kier molecular flexibility index (Phi) is 4.31. The number of hydrogen-bond donors (Lipinski definition) is 1. The maximum Gasteiger partial charge on any atom is 0.487 e. The first-order valence-electron chi connectivity index (χ1n) is 6.83. The molecule has 2 heterocycles. The standard InChI is InChI=1S/C14H13ClF2N3O2S/c15-14(16,17)22-10-2-1-9(18)13(20-6-4-8(21)7-20)12(10)11-3-5-19-23-11/h1-3,5,8,18,21H,4,6-7H2/q-1/t8-/m1/s1. The molecule has 1 atom stereocenters. The van der Waals surface area contributed by atoms with Crippen molar-refractivity contribution in [3.63, 3.8) is 0 Å². The summed E-state index contributed by atoms with van der Waals surface area (Å²) in [5, 5.41) is 9.74. The molecule has 1 aromatic carbocycles. The lowest BCUT2D eigenvalue weighted by Gasteiger charge is -2.28. The van der Waals surface area contributed by atoms with Crippen LogP contribution in [0.3, 0.4) is 0 Å². The maximum atomic E-state index is 13.1. The molecule has 0 saturated carbocycles. The molecule has 0 spiro atoms. The first-order chi connectivity index (χ1) is 10.8. The molecule has 1 aliphatic rings. The molecule has 3 rings (SSSR count). The first kappa shape index (κ1) is 16.2. The van der Waals surface area contributed by atoms with Crippen LogP contribution in [0.4, 0.5) is 20.2 Å². The molecule has 1 saturated heterocycles. The summed E-state index contributed by atoms with van der Waals surface area (Å²) in [5.41, 5.74) is 5.24. The van der Waals surface area contributed by atoms with Crippen LogP contribution in [-0.4, -0.2) is 34.2 Å². The number of nitrogens with one attached hydrogen (secondary N) is 1. The molecule has 23 heavy (non-hydrogen) atoms. The second kappa shape index (κ2) is 6.10. The first-order valence-corrected chi connectivity index (χ1v) is 7.98. The number of benzene rings is 1. The number of ether oxygens (including phenoxy) is 1. The monoisotopic (exact) mass is 360 g/mol. The summed E-state index contributed by atoms with van der Waals surface area (Å²) >= 11 is 6.02. The van der Waals surface area contributed by atoms with E-state index in [2.05, 4.69) is 9.11 Å². The van der Waals surface area contributed by atoms with Gasteiger partial charge in [0.15, 0.2) is 0 Å². The molecule has 0 radical (unpaired) electrons. The van der Waals surface area contributed by atoms with Gasteiger partial charge in [0.1, 0.15) is 5.75 Å². The van der Waals surface area contributed by atoms with E-state index in [1.165, 1.54) is 12.1 Å². The van der Waals surface area contributed by atoms with E-state index in [4.69, 9.17) is 17.3 Å². The molecule has 0 unspecified atom stereocenters. The van der Waals surface area contributed by atoms with E-state index in [-0.39, 0.29) is 11.4 Å². The topological polar surface area (TPSA) is 69.4 Å². The predicted octanol–water partition coefficient (Wildman–Crippen LogP) is 4.23. The van der Waals surface area contributed by atoms with Crippen molar-refractivity contribution in [3.05, 3.63) is 30.1 Å². The van der Waals surface area contributed by atoms with Gasteiger partial charge >= 0.3 is 5.57 Å². The van der Waals surface area contributed by atoms with Crippen LogP contribution in [0.15, 0.2) is 24.4 Å². The van der Waals surface area contributed by atoms with Gasteiger partial charge in [0.05, 0.1) is 16.5 Å². The summed E-state index contributed by atoms with van der Waals surface area (Å²) in [4.78, 5) is 2.38. The minimum Gasteiger partial charge on any atom is -0.697 e. The second-order valence-electron chi connectivity index (χ2n) is 5.15. The predicted molar refractivity (Wildman–Crippen MR) is 85.8 cm³/mol. The third-order valence-electron chi connectivity index (χ3n) is 3.53. The van der Waals surface area contributed by atoms with Crippen LogP contribution in [-0.2, 0) is 0 Å². The summed E-state index contributed by atoms with van der Waals surface area (Å²) in [7, 11) is 0. The van der Waals surface area contributed by atoms with Gasteiger partial charge in [0.25, 0.3) is 0 Å². The zero-order chi connectivity index (χ0) is 16.6. The fourth-order valence-corrected chi connectivity index (χ4v) is 3.37. The highest BCUT2D eigenvalue weighted by atomic mass is 35.5. The van der Waals surface area contributed by atoms with Crippen molar-refractivity contribution < 1.29 is 18.6 Å². The molecule has 1 aliphatic heterocycles. The molecule has 1 aromatic heterocycles. The summed E-state index contributed by atoms with van der Waals surface area (Å²) < 4.78 is 34.8. The number of aliphatic hydroxyl groups is 1. The van der Waals surface area contributed by atoms with Crippen molar-refractivity contribution in [2.75, 3.05) is 18.0 Å². The van der Waals surface area contributed by atoms with Crippen molar-refractivity contribution in [2.24, 2.45) is 0 Å². The van der Waals surface area contributed by atoms with Gasteiger partial charge in [-0.2, -0.15) is 0 Å². The normalized spacial score (nSPS) is 18.4. The number of nitrogens with zero attached hydrogens (tertiary/aromatic N) is 2. The lowest BCUT2D eigenvalue weighted by atomic mass is 10.1. The van der Waals surface area contributed by atoms with E-state index in [1.807, 2.05) is 0 Å². The zero-order valence-corrected chi connectivity index (χ0v) is 13.4. The third kappa shape index (κ3) is 3.49. The van der Waals surface area contributed by atoms with Crippen molar-refractivity contribution in [1.29, 1.82) is 0 Å². The number of β-amino-alcohol motifs (C(OH)–C–C–N with tert-alkyl or cyclic N) is 1. The molecule has 124 valence electrons. The van der Waals surface area contributed by atoms with Crippen LogP contribution in [0.5, 0.6) is 5.75 Å². The Labute approximate surface area is 140 Å². The van der Waals surface area contributed by atoms with E-state index < -0.39 is 11.7 Å². The third-order valence-corrected chi connectivity index (χ3v) is 4.37. The fourth-order valence-electron chi connectivity index (χ4n) is 2.64. The number of alkyl halides is 3. The molecule has 2 N–H and O–H groups in total. The lowest BCUT2D eigenvalue weighted by Crippen LogP contribution is -2.23. The fraction of sp³-hybridized carbons (Fsp3) is 0.357. The largest absolute Gasteiger partial charge is 0.697 e. The molecule has 9 heteroatoms. The van der Waals surface area contributed by atoms with Gasteiger partial charge in [-0.15, -0.1) is 14.5 Å². The van der Waals surface area contributed by atoms with Crippen molar-refractivity contribution in [2.45, 2.75) is 18.1 Å². The Bertz CT molecular complexity index is 694. The van der Waals surface area contributed by atoms with Crippen LogP contribution < -0.4 is 9.64 Å². The zero-order valence-electron chi connectivity index (χ0n) is 11.8. The van der Waals surface area contributed by atoms with Gasteiger partial charge < -0.3 is 20.5 Å². The SMILES string of the molecule is [NH-]c1ccc(OC(F)(F)Cl)c(-c2ccns2)c1N1CC[C@@H](O)C1. The van der Waals surface area contributed by atoms with Gasteiger partial charge in [-0.1, -0.05) is 6.07 Å². The van der Waals surface area contributed by atoms with Crippen molar-refractivity contribution in [3.8, 4) is 16.2 Å². The molecule has 5 nitrogen and oxygen atoms in total. The summed E-state index contributed by atoms with van der Waals surface area (Å²) in [6, 6.07) is 4.33. The highest BCUT2D eigenvalue weighted by Crippen LogP contribution is 2.48.